The standard InChI is InChI=1S/C16H16BrN3/c1-20(11-12-2-4-14(17)5-3-12)15-6-7-16(19)13(10-15)8-9-18/h2-7,10H,8,11,19H2,1H3. The second-order valence-corrected chi connectivity index (χ2v) is 5.62. The number of hydrogen-bond donors (Lipinski definition) is 1. The number of nitrogen functional groups attached to an aromatic ring is 1. The maximum atomic E-state index is 8.81. The summed E-state index contributed by atoms with van der Waals surface area (Å²) in [5, 5.41) is 8.81. The summed E-state index contributed by atoms with van der Waals surface area (Å²) in [7, 11) is 2.03. The van der Waals surface area contributed by atoms with Crippen molar-refractivity contribution in [1.82, 2.24) is 0 Å². The third kappa shape index (κ3) is 3.52. The first-order chi connectivity index (χ1) is 9.60. The molecule has 0 saturated carbocycles. The lowest BCUT2D eigenvalue weighted by atomic mass is 10.1. The smallest absolute Gasteiger partial charge is 0.0670 e. The van der Waals surface area contributed by atoms with Gasteiger partial charge >= 0.3 is 0 Å². The first-order valence-electron chi connectivity index (χ1n) is 6.31. The first kappa shape index (κ1) is 14.4. The van der Waals surface area contributed by atoms with E-state index < -0.39 is 0 Å². The number of benzene rings is 2. The average Bonchev–Trinajstić information content (AvgIpc) is 2.44. The lowest BCUT2D eigenvalue weighted by Gasteiger charge is -2.20. The molecule has 0 saturated heterocycles. The van der Waals surface area contributed by atoms with E-state index in [0.717, 1.165) is 22.3 Å². The van der Waals surface area contributed by atoms with Gasteiger partial charge < -0.3 is 10.6 Å². The highest BCUT2D eigenvalue weighted by molar-refractivity contribution is 9.10. The fourth-order valence-corrected chi connectivity index (χ4v) is 2.29. The number of rotatable bonds is 4. The van der Waals surface area contributed by atoms with Crippen LogP contribution in [0.4, 0.5) is 11.4 Å². The van der Waals surface area contributed by atoms with Crippen LogP contribution in [0.3, 0.4) is 0 Å². The maximum Gasteiger partial charge on any atom is 0.0670 e. The third-order valence-corrected chi connectivity index (χ3v) is 3.70. The zero-order valence-corrected chi connectivity index (χ0v) is 12.9. The largest absolute Gasteiger partial charge is 0.398 e. The minimum Gasteiger partial charge on any atom is -0.398 e. The molecule has 3 nitrogen and oxygen atoms in total. The van der Waals surface area contributed by atoms with E-state index in [0.29, 0.717) is 12.1 Å². The highest BCUT2D eigenvalue weighted by Gasteiger charge is 2.06. The Morgan fingerprint density at radius 2 is 1.90 bits per heavy atom. The van der Waals surface area contributed by atoms with Gasteiger partial charge in [-0.3, -0.25) is 0 Å². The van der Waals surface area contributed by atoms with E-state index in [1.165, 1.54) is 5.56 Å². The molecule has 102 valence electrons. The summed E-state index contributed by atoms with van der Waals surface area (Å²) in [6, 6.07) is 16.2. The molecular weight excluding hydrogens is 314 g/mol. The molecule has 0 radical (unpaired) electrons. The van der Waals surface area contributed by atoms with Crippen molar-refractivity contribution in [2.75, 3.05) is 17.7 Å². The number of nitrogens with zero attached hydrogens (tertiary/aromatic N) is 2. The lowest BCUT2D eigenvalue weighted by molar-refractivity contribution is 0.921. The van der Waals surface area contributed by atoms with Gasteiger partial charge in [0.05, 0.1) is 12.5 Å². The van der Waals surface area contributed by atoms with E-state index in [-0.39, 0.29) is 0 Å². The van der Waals surface area contributed by atoms with E-state index in [2.05, 4.69) is 39.0 Å². The van der Waals surface area contributed by atoms with Crippen molar-refractivity contribution in [3.05, 3.63) is 58.1 Å². The minimum absolute atomic E-state index is 0.339. The molecule has 0 aliphatic heterocycles. The Morgan fingerprint density at radius 3 is 2.55 bits per heavy atom. The van der Waals surface area contributed by atoms with Gasteiger partial charge in [-0.2, -0.15) is 5.26 Å². The van der Waals surface area contributed by atoms with Crippen LogP contribution < -0.4 is 10.6 Å². The van der Waals surface area contributed by atoms with Crippen LogP contribution in [0.5, 0.6) is 0 Å². The summed E-state index contributed by atoms with van der Waals surface area (Å²) < 4.78 is 1.08. The highest BCUT2D eigenvalue weighted by atomic mass is 79.9. The van der Waals surface area contributed by atoms with Crippen LogP contribution in [0.2, 0.25) is 0 Å². The van der Waals surface area contributed by atoms with Gasteiger partial charge in [0, 0.05) is 29.4 Å². The number of nitriles is 1. The molecule has 0 spiro atoms. The number of nitrogens with two attached hydrogens (primary N) is 1. The molecule has 0 heterocycles. The molecule has 2 rings (SSSR count). The molecule has 0 aromatic heterocycles. The van der Waals surface area contributed by atoms with Gasteiger partial charge in [-0.15, -0.1) is 0 Å². The SMILES string of the molecule is CN(Cc1ccc(Br)cc1)c1ccc(N)c(CC#N)c1. The molecule has 2 aromatic carbocycles. The zero-order valence-electron chi connectivity index (χ0n) is 11.3. The van der Waals surface area contributed by atoms with Crippen LogP contribution in [0.15, 0.2) is 46.9 Å². The second kappa shape index (κ2) is 6.44. The first-order valence-corrected chi connectivity index (χ1v) is 7.10. The predicted octanol–water partition coefficient (Wildman–Crippen LogP) is 3.73. The molecular formula is C16H16BrN3. The Bertz CT molecular complexity index is 629. The molecule has 4 heteroatoms. The quantitative estimate of drug-likeness (QED) is 0.869. The molecule has 0 bridgehead atoms. The number of halogens is 1. The zero-order chi connectivity index (χ0) is 14.5. The summed E-state index contributed by atoms with van der Waals surface area (Å²) in [6.45, 7) is 0.809. The van der Waals surface area contributed by atoms with Crippen molar-refractivity contribution >= 4 is 27.3 Å². The van der Waals surface area contributed by atoms with E-state index in [1.54, 1.807) is 0 Å². The lowest BCUT2D eigenvalue weighted by Crippen LogP contribution is -2.16. The van der Waals surface area contributed by atoms with E-state index >= 15 is 0 Å². The molecule has 0 fully saturated rings. The molecule has 0 amide bonds. The van der Waals surface area contributed by atoms with Crippen molar-refractivity contribution in [2.24, 2.45) is 0 Å². The topological polar surface area (TPSA) is 53.0 Å². The summed E-state index contributed by atoms with van der Waals surface area (Å²) in [6.07, 6.45) is 0.339. The van der Waals surface area contributed by atoms with Gasteiger partial charge in [0.25, 0.3) is 0 Å². The van der Waals surface area contributed by atoms with Crippen LogP contribution in [0.25, 0.3) is 0 Å². The van der Waals surface area contributed by atoms with Gasteiger partial charge in [-0.25, -0.2) is 0 Å². The van der Waals surface area contributed by atoms with Crippen LogP contribution >= 0.6 is 15.9 Å². The Hall–Kier alpha value is -1.99. The van der Waals surface area contributed by atoms with Crippen molar-refractivity contribution < 1.29 is 0 Å². The van der Waals surface area contributed by atoms with Crippen molar-refractivity contribution in [1.29, 1.82) is 5.26 Å². The fraction of sp³-hybridized carbons (Fsp3) is 0.188. The summed E-state index contributed by atoms with van der Waals surface area (Å²) in [4.78, 5) is 2.14. The van der Waals surface area contributed by atoms with E-state index in [9.17, 15) is 0 Å². The monoisotopic (exact) mass is 329 g/mol. The van der Waals surface area contributed by atoms with Gasteiger partial charge in [0.1, 0.15) is 0 Å². The molecule has 0 atom stereocenters. The Kier molecular flexibility index (Phi) is 4.65. The molecule has 20 heavy (non-hydrogen) atoms. The Balaban J connectivity index is 2.16. The Labute approximate surface area is 127 Å². The molecule has 0 unspecified atom stereocenters. The third-order valence-electron chi connectivity index (χ3n) is 3.17. The van der Waals surface area contributed by atoms with Crippen LogP contribution in [0, 0.1) is 11.3 Å². The van der Waals surface area contributed by atoms with Crippen LogP contribution in [-0.4, -0.2) is 7.05 Å². The van der Waals surface area contributed by atoms with Gasteiger partial charge in [-0.05, 0) is 41.5 Å². The second-order valence-electron chi connectivity index (χ2n) is 4.70. The molecule has 0 aliphatic carbocycles. The van der Waals surface area contributed by atoms with Crippen molar-refractivity contribution in [3.63, 3.8) is 0 Å². The Morgan fingerprint density at radius 1 is 1.20 bits per heavy atom. The normalized spacial score (nSPS) is 10.1. The molecule has 2 aromatic rings. The van der Waals surface area contributed by atoms with Gasteiger partial charge in [0.15, 0.2) is 0 Å². The minimum atomic E-state index is 0.339. The summed E-state index contributed by atoms with van der Waals surface area (Å²) in [5.74, 6) is 0. The predicted molar refractivity (Wildman–Crippen MR) is 86.4 cm³/mol. The van der Waals surface area contributed by atoms with Crippen molar-refractivity contribution in [3.8, 4) is 6.07 Å². The van der Waals surface area contributed by atoms with Crippen molar-refractivity contribution in [2.45, 2.75) is 13.0 Å². The van der Waals surface area contributed by atoms with E-state index in [1.807, 2.05) is 37.4 Å². The van der Waals surface area contributed by atoms with Gasteiger partial charge in [0.2, 0.25) is 0 Å². The number of hydrogen-bond acceptors (Lipinski definition) is 3. The average molecular weight is 330 g/mol. The van der Waals surface area contributed by atoms with Crippen LogP contribution in [0.1, 0.15) is 11.1 Å². The van der Waals surface area contributed by atoms with Crippen LogP contribution in [-0.2, 0) is 13.0 Å². The highest BCUT2D eigenvalue weighted by Crippen LogP contribution is 2.22. The van der Waals surface area contributed by atoms with E-state index in [4.69, 9.17) is 11.0 Å². The molecule has 2 N–H and O–H groups in total. The number of anilines is 2. The summed E-state index contributed by atoms with van der Waals surface area (Å²) >= 11 is 3.43. The maximum absolute atomic E-state index is 8.81. The summed E-state index contributed by atoms with van der Waals surface area (Å²) in [5.41, 5.74) is 9.72. The molecule has 0 aliphatic rings. The van der Waals surface area contributed by atoms with Gasteiger partial charge in [-0.1, -0.05) is 28.1 Å². The fourth-order valence-electron chi connectivity index (χ4n) is 2.02.